The summed E-state index contributed by atoms with van der Waals surface area (Å²) in [7, 11) is 1.89. The van der Waals surface area contributed by atoms with Gasteiger partial charge >= 0.3 is 5.97 Å². The second kappa shape index (κ2) is 6.55. The number of esters is 1. The molecule has 0 bridgehead atoms. The lowest BCUT2D eigenvalue weighted by Gasteiger charge is -2.14. The molecule has 6 heteroatoms. The second-order valence-corrected chi connectivity index (χ2v) is 6.41. The number of imidazole rings is 1. The SMILES string of the molecule is CC(C)c1cc(C(=O)O[C@H](C)c2nc3ccccc3n2C)cc(=O)[nH]1. The van der Waals surface area contributed by atoms with Crippen LogP contribution in [0.15, 0.2) is 41.2 Å². The van der Waals surface area contributed by atoms with Gasteiger partial charge in [0.2, 0.25) is 5.56 Å². The predicted molar refractivity (Wildman–Crippen MR) is 95.7 cm³/mol. The number of aromatic nitrogens is 3. The number of pyridine rings is 1. The van der Waals surface area contributed by atoms with Gasteiger partial charge in [-0.05, 0) is 31.0 Å². The molecule has 0 saturated carbocycles. The molecule has 1 atom stereocenters. The molecule has 1 N–H and O–H groups in total. The van der Waals surface area contributed by atoms with Gasteiger partial charge in [-0.1, -0.05) is 26.0 Å². The Labute approximate surface area is 145 Å². The van der Waals surface area contributed by atoms with Crippen molar-refractivity contribution in [2.45, 2.75) is 32.8 Å². The van der Waals surface area contributed by atoms with Crippen molar-refractivity contribution in [1.82, 2.24) is 14.5 Å². The van der Waals surface area contributed by atoms with Gasteiger partial charge in [0.15, 0.2) is 11.9 Å². The Morgan fingerprint density at radius 2 is 1.92 bits per heavy atom. The first-order valence-electron chi connectivity index (χ1n) is 8.23. The first-order valence-corrected chi connectivity index (χ1v) is 8.23. The summed E-state index contributed by atoms with van der Waals surface area (Å²) in [6.07, 6.45) is -0.535. The summed E-state index contributed by atoms with van der Waals surface area (Å²) in [5, 5.41) is 0. The van der Waals surface area contributed by atoms with Crippen molar-refractivity contribution in [1.29, 1.82) is 0 Å². The normalized spacial score (nSPS) is 12.5. The number of para-hydroxylation sites is 2. The van der Waals surface area contributed by atoms with Crippen molar-refractivity contribution in [3.05, 3.63) is 63.8 Å². The highest BCUT2D eigenvalue weighted by Gasteiger charge is 2.20. The van der Waals surface area contributed by atoms with Crippen LogP contribution < -0.4 is 5.56 Å². The molecule has 0 aliphatic rings. The zero-order valence-corrected chi connectivity index (χ0v) is 14.7. The Balaban J connectivity index is 1.87. The van der Waals surface area contributed by atoms with E-state index in [4.69, 9.17) is 4.74 Å². The van der Waals surface area contributed by atoms with Crippen LogP contribution in [0.4, 0.5) is 0 Å². The van der Waals surface area contributed by atoms with Crippen molar-refractivity contribution >= 4 is 17.0 Å². The number of nitrogens with one attached hydrogen (secondary N) is 1. The van der Waals surface area contributed by atoms with E-state index < -0.39 is 12.1 Å². The van der Waals surface area contributed by atoms with Gasteiger partial charge in [-0.2, -0.15) is 0 Å². The van der Waals surface area contributed by atoms with Crippen molar-refractivity contribution < 1.29 is 9.53 Å². The van der Waals surface area contributed by atoms with Gasteiger partial charge in [-0.25, -0.2) is 9.78 Å². The number of aryl methyl sites for hydroxylation is 1. The number of hydrogen-bond donors (Lipinski definition) is 1. The molecule has 2 heterocycles. The van der Waals surface area contributed by atoms with E-state index in [1.807, 2.05) is 49.7 Å². The summed E-state index contributed by atoms with van der Waals surface area (Å²) in [6, 6.07) is 10.7. The van der Waals surface area contributed by atoms with Crippen LogP contribution >= 0.6 is 0 Å². The van der Waals surface area contributed by atoms with Crippen LogP contribution in [0.25, 0.3) is 11.0 Å². The Morgan fingerprint density at radius 1 is 1.20 bits per heavy atom. The zero-order chi connectivity index (χ0) is 18.1. The number of hydrogen-bond acceptors (Lipinski definition) is 4. The first kappa shape index (κ1) is 17.0. The number of H-pyrrole nitrogens is 1. The predicted octanol–water partition coefficient (Wildman–Crippen LogP) is 3.30. The van der Waals surface area contributed by atoms with Crippen LogP contribution in [0.1, 0.15) is 54.7 Å². The molecule has 2 aromatic heterocycles. The topological polar surface area (TPSA) is 77.0 Å². The molecular weight excluding hydrogens is 318 g/mol. The maximum absolute atomic E-state index is 12.5. The van der Waals surface area contributed by atoms with Crippen molar-refractivity contribution in [3.8, 4) is 0 Å². The van der Waals surface area contributed by atoms with E-state index in [0.29, 0.717) is 11.5 Å². The third kappa shape index (κ3) is 3.33. The van der Waals surface area contributed by atoms with Crippen LogP contribution in [0.5, 0.6) is 0 Å². The van der Waals surface area contributed by atoms with Crippen LogP contribution in [0, 0.1) is 0 Å². The van der Waals surface area contributed by atoms with Gasteiger partial charge in [-0.3, -0.25) is 4.79 Å². The molecule has 130 valence electrons. The fourth-order valence-electron chi connectivity index (χ4n) is 2.80. The van der Waals surface area contributed by atoms with E-state index in [1.54, 1.807) is 13.0 Å². The highest BCUT2D eigenvalue weighted by Crippen LogP contribution is 2.22. The molecule has 6 nitrogen and oxygen atoms in total. The van der Waals surface area contributed by atoms with Crippen molar-refractivity contribution in [2.24, 2.45) is 7.05 Å². The quantitative estimate of drug-likeness (QED) is 0.740. The van der Waals surface area contributed by atoms with Crippen LogP contribution in [0.2, 0.25) is 0 Å². The lowest BCUT2D eigenvalue weighted by Crippen LogP contribution is -2.17. The maximum atomic E-state index is 12.5. The Kier molecular flexibility index (Phi) is 4.44. The minimum atomic E-state index is -0.535. The molecule has 0 saturated heterocycles. The Bertz CT molecular complexity index is 985. The highest BCUT2D eigenvalue weighted by atomic mass is 16.5. The van der Waals surface area contributed by atoms with Gasteiger partial charge < -0.3 is 14.3 Å². The number of nitrogens with zero attached hydrogens (tertiary/aromatic N) is 2. The standard InChI is InChI=1S/C19H21N3O3/c1-11(2)15-9-13(10-17(23)20-15)19(24)25-12(3)18-21-14-7-5-6-8-16(14)22(18)4/h5-12H,1-4H3,(H,20,23)/t12-/m1/s1. The Hall–Kier alpha value is -2.89. The van der Waals surface area contributed by atoms with E-state index in [-0.39, 0.29) is 17.0 Å². The number of fused-ring (bicyclic) bond motifs is 1. The summed E-state index contributed by atoms with van der Waals surface area (Å²) in [5.41, 5.74) is 2.46. The number of carbonyl (C=O) groups is 1. The van der Waals surface area contributed by atoms with E-state index in [2.05, 4.69) is 9.97 Å². The summed E-state index contributed by atoms with van der Waals surface area (Å²) < 4.78 is 7.45. The molecule has 0 aliphatic heterocycles. The minimum absolute atomic E-state index is 0.109. The average molecular weight is 339 g/mol. The van der Waals surface area contributed by atoms with Crippen molar-refractivity contribution in [2.75, 3.05) is 0 Å². The van der Waals surface area contributed by atoms with Crippen LogP contribution in [-0.2, 0) is 11.8 Å². The molecule has 3 rings (SSSR count). The van der Waals surface area contributed by atoms with Gasteiger partial charge in [-0.15, -0.1) is 0 Å². The van der Waals surface area contributed by atoms with Crippen LogP contribution in [0.3, 0.4) is 0 Å². The molecule has 0 radical (unpaired) electrons. The van der Waals surface area contributed by atoms with Gasteiger partial charge in [0.1, 0.15) is 0 Å². The van der Waals surface area contributed by atoms with Gasteiger partial charge in [0.25, 0.3) is 0 Å². The summed E-state index contributed by atoms with van der Waals surface area (Å²) in [4.78, 5) is 31.5. The molecule has 0 unspecified atom stereocenters. The molecule has 0 fully saturated rings. The lowest BCUT2D eigenvalue weighted by molar-refractivity contribution is 0.0315. The summed E-state index contributed by atoms with van der Waals surface area (Å²) in [5.74, 6) is 0.230. The number of aromatic amines is 1. The maximum Gasteiger partial charge on any atom is 0.339 e. The minimum Gasteiger partial charge on any atom is -0.451 e. The fraction of sp³-hybridized carbons (Fsp3) is 0.316. The summed E-state index contributed by atoms with van der Waals surface area (Å²) in [6.45, 7) is 5.67. The molecule has 0 amide bonds. The van der Waals surface area contributed by atoms with E-state index in [0.717, 1.165) is 11.0 Å². The zero-order valence-electron chi connectivity index (χ0n) is 14.7. The molecule has 1 aromatic carbocycles. The molecular formula is C19H21N3O3. The Morgan fingerprint density at radius 3 is 2.60 bits per heavy atom. The average Bonchev–Trinajstić information content (AvgIpc) is 2.91. The van der Waals surface area contributed by atoms with E-state index >= 15 is 0 Å². The number of carbonyl (C=O) groups excluding carboxylic acids is 1. The largest absolute Gasteiger partial charge is 0.451 e. The third-order valence-corrected chi connectivity index (χ3v) is 4.19. The fourth-order valence-corrected chi connectivity index (χ4v) is 2.80. The molecule has 0 spiro atoms. The lowest BCUT2D eigenvalue weighted by atomic mass is 10.1. The number of rotatable bonds is 4. The second-order valence-electron chi connectivity index (χ2n) is 6.41. The molecule has 3 aromatic rings. The molecule has 25 heavy (non-hydrogen) atoms. The third-order valence-electron chi connectivity index (χ3n) is 4.19. The highest BCUT2D eigenvalue weighted by molar-refractivity contribution is 5.89. The monoisotopic (exact) mass is 339 g/mol. The van der Waals surface area contributed by atoms with Gasteiger partial charge in [0.05, 0.1) is 16.6 Å². The van der Waals surface area contributed by atoms with E-state index in [9.17, 15) is 9.59 Å². The molecule has 0 aliphatic carbocycles. The smallest absolute Gasteiger partial charge is 0.339 e. The van der Waals surface area contributed by atoms with Crippen molar-refractivity contribution in [3.63, 3.8) is 0 Å². The van der Waals surface area contributed by atoms with E-state index in [1.165, 1.54) is 6.07 Å². The number of ether oxygens (including phenoxy) is 1. The van der Waals surface area contributed by atoms with Crippen LogP contribution in [-0.4, -0.2) is 20.5 Å². The van der Waals surface area contributed by atoms with Gasteiger partial charge in [0, 0.05) is 18.8 Å². The summed E-state index contributed by atoms with van der Waals surface area (Å²) >= 11 is 0. The number of benzene rings is 1. The first-order chi connectivity index (χ1) is 11.9.